The first-order valence-electron chi connectivity index (χ1n) is 9.37. The molecule has 4 heteroatoms. The first-order chi connectivity index (χ1) is 13.7. The summed E-state index contributed by atoms with van der Waals surface area (Å²) in [6.07, 6.45) is 3.37. The maximum absolute atomic E-state index is 10.2. The van der Waals surface area contributed by atoms with Gasteiger partial charge in [-0.3, -0.25) is 0 Å². The molecule has 0 atom stereocenters. The fourth-order valence-corrected chi connectivity index (χ4v) is 5.46. The second kappa shape index (κ2) is 6.74. The number of thiophene rings is 1. The smallest absolute Gasteiger partial charge is 0.125 e. The number of fused-ring (bicyclic) bond motifs is 3. The molecule has 1 aliphatic rings. The number of nitrogens with zero attached hydrogens (tertiary/aromatic N) is 2. The van der Waals surface area contributed by atoms with Crippen LogP contribution < -0.4 is 0 Å². The molecule has 0 bridgehead atoms. The maximum Gasteiger partial charge on any atom is 0.125 e. The Balaban J connectivity index is 1.89. The van der Waals surface area contributed by atoms with Gasteiger partial charge in [0.25, 0.3) is 0 Å². The minimum absolute atomic E-state index is 0.645. The normalized spacial score (nSPS) is 12.9. The zero-order valence-electron chi connectivity index (χ0n) is 15.4. The van der Waals surface area contributed by atoms with Gasteiger partial charge >= 0.3 is 0 Å². The van der Waals surface area contributed by atoms with E-state index in [1.165, 1.54) is 27.8 Å². The molecule has 0 N–H and O–H groups in total. The van der Waals surface area contributed by atoms with Crippen LogP contribution in [0.2, 0.25) is 5.02 Å². The third kappa shape index (κ3) is 2.73. The van der Waals surface area contributed by atoms with Crippen LogP contribution in [0, 0.1) is 18.3 Å². The van der Waals surface area contributed by atoms with Crippen LogP contribution in [0.15, 0.2) is 48.5 Å². The third-order valence-corrected chi connectivity index (χ3v) is 6.86. The first kappa shape index (κ1) is 17.4. The van der Waals surface area contributed by atoms with Gasteiger partial charge in [-0.05, 0) is 49.4 Å². The van der Waals surface area contributed by atoms with E-state index in [2.05, 4.69) is 37.3 Å². The molecule has 0 fully saturated rings. The molecule has 28 heavy (non-hydrogen) atoms. The molecule has 0 radical (unpaired) electrons. The highest BCUT2D eigenvalue weighted by Gasteiger charge is 2.25. The summed E-state index contributed by atoms with van der Waals surface area (Å²) in [5, 5.41) is 12.0. The molecule has 0 aliphatic heterocycles. The minimum atomic E-state index is 0.645. The van der Waals surface area contributed by atoms with Crippen LogP contribution in [0.1, 0.15) is 28.0 Å². The van der Waals surface area contributed by atoms with Gasteiger partial charge in [0.05, 0.1) is 11.3 Å². The van der Waals surface area contributed by atoms with E-state index in [0.29, 0.717) is 10.6 Å². The standard InChI is InChI=1S/C24H17ClN2S/c1-14-5-7-15(8-6-14)21-19(13-26)23(16-9-11-17(25)12-10-16)27-24-22(21)18-3-2-4-20(18)28-24/h5-12H,2-4H2,1H3. The Hall–Kier alpha value is -2.67. The van der Waals surface area contributed by atoms with Gasteiger partial charge in [-0.15, -0.1) is 11.3 Å². The van der Waals surface area contributed by atoms with Crippen molar-refractivity contribution in [3.63, 3.8) is 0 Å². The van der Waals surface area contributed by atoms with E-state index in [9.17, 15) is 5.26 Å². The van der Waals surface area contributed by atoms with E-state index in [4.69, 9.17) is 16.6 Å². The summed E-state index contributed by atoms with van der Waals surface area (Å²) in [6, 6.07) is 18.5. The predicted octanol–water partition coefficient (Wildman–Crippen LogP) is 6.95. The predicted molar refractivity (Wildman–Crippen MR) is 117 cm³/mol. The van der Waals surface area contributed by atoms with Crippen LogP contribution in [0.4, 0.5) is 0 Å². The average Bonchev–Trinajstić information content (AvgIpc) is 3.29. The zero-order chi connectivity index (χ0) is 19.3. The van der Waals surface area contributed by atoms with Gasteiger partial charge in [0.15, 0.2) is 0 Å². The molecular formula is C24H17ClN2S. The van der Waals surface area contributed by atoms with Gasteiger partial charge in [0, 0.05) is 26.4 Å². The molecule has 2 aromatic carbocycles. The summed E-state index contributed by atoms with van der Waals surface area (Å²) in [7, 11) is 0. The van der Waals surface area contributed by atoms with Crippen molar-refractivity contribution in [2.45, 2.75) is 26.2 Å². The summed E-state index contributed by atoms with van der Waals surface area (Å²) in [5.41, 5.74) is 7.01. The van der Waals surface area contributed by atoms with Crippen molar-refractivity contribution in [2.24, 2.45) is 0 Å². The van der Waals surface area contributed by atoms with E-state index >= 15 is 0 Å². The SMILES string of the molecule is Cc1ccc(-c2c(C#N)c(-c3ccc(Cl)cc3)nc3sc4c(c23)CCC4)cc1. The van der Waals surface area contributed by atoms with E-state index in [1.807, 2.05) is 24.3 Å². The van der Waals surface area contributed by atoms with Crippen LogP contribution >= 0.6 is 22.9 Å². The van der Waals surface area contributed by atoms with Crippen molar-refractivity contribution in [1.82, 2.24) is 4.98 Å². The van der Waals surface area contributed by atoms with Crippen molar-refractivity contribution in [3.8, 4) is 28.5 Å². The summed E-state index contributed by atoms with van der Waals surface area (Å²) >= 11 is 7.86. The number of hydrogen-bond donors (Lipinski definition) is 0. The maximum atomic E-state index is 10.2. The fourth-order valence-electron chi connectivity index (χ4n) is 4.06. The summed E-state index contributed by atoms with van der Waals surface area (Å²) in [5.74, 6) is 0. The Labute approximate surface area is 173 Å². The molecule has 0 spiro atoms. The van der Waals surface area contributed by atoms with Gasteiger partial charge in [0.1, 0.15) is 10.9 Å². The van der Waals surface area contributed by atoms with E-state index in [1.54, 1.807) is 11.3 Å². The molecule has 0 unspecified atom stereocenters. The molecule has 2 nitrogen and oxygen atoms in total. The largest absolute Gasteiger partial charge is 0.235 e. The lowest BCUT2D eigenvalue weighted by molar-refractivity contribution is 0.917. The number of pyridine rings is 1. The van der Waals surface area contributed by atoms with Crippen LogP contribution in [0.5, 0.6) is 0 Å². The Morgan fingerprint density at radius 1 is 1.00 bits per heavy atom. The van der Waals surface area contributed by atoms with Crippen LogP contribution in [-0.4, -0.2) is 4.98 Å². The second-order valence-corrected chi connectivity index (χ2v) is 8.75. The highest BCUT2D eigenvalue weighted by Crippen LogP contribution is 2.45. The molecule has 0 amide bonds. The van der Waals surface area contributed by atoms with Gasteiger partial charge in [-0.25, -0.2) is 4.98 Å². The van der Waals surface area contributed by atoms with Crippen molar-refractivity contribution in [3.05, 3.63) is 75.1 Å². The molecule has 136 valence electrons. The molecule has 2 heterocycles. The number of hydrogen-bond acceptors (Lipinski definition) is 3. The van der Waals surface area contributed by atoms with E-state index in [-0.39, 0.29) is 0 Å². The summed E-state index contributed by atoms with van der Waals surface area (Å²) in [6.45, 7) is 2.08. The minimum Gasteiger partial charge on any atom is -0.235 e. The number of rotatable bonds is 2. The Morgan fingerprint density at radius 3 is 2.43 bits per heavy atom. The van der Waals surface area contributed by atoms with Gasteiger partial charge in [-0.2, -0.15) is 5.26 Å². The van der Waals surface area contributed by atoms with Crippen LogP contribution in [0.3, 0.4) is 0 Å². The molecule has 5 rings (SSSR count). The van der Waals surface area contributed by atoms with E-state index in [0.717, 1.165) is 40.1 Å². The Kier molecular flexibility index (Phi) is 4.19. The Bertz CT molecular complexity index is 1250. The van der Waals surface area contributed by atoms with Gasteiger partial charge in [0.2, 0.25) is 0 Å². The average molecular weight is 401 g/mol. The van der Waals surface area contributed by atoms with Crippen molar-refractivity contribution in [1.29, 1.82) is 5.26 Å². The molecule has 1 aliphatic carbocycles. The number of aromatic nitrogens is 1. The van der Waals surface area contributed by atoms with Crippen molar-refractivity contribution in [2.75, 3.05) is 0 Å². The molecular weight excluding hydrogens is 384 g/mol. The topological polar surface area (TPSA) is 36.7 Å². The van der Waals surface area contributed by atoms with E-state index < -0.39 is 0 Å². The fraction of sp³-hybridized carbons (Fsp3) is 0.167. The lowest BCUT2D eigenvalue weighted by Gasteiger charge is -2.13. The lowest BCUT2D eigenvalue weighted by Crippen LogP contribution is -1.96. The third-order valence-electron chi connectivity index (χ3n) is 5.42. The monoisotopic (exact) mass is 400 g/mol. The molecule has 2 aromatic heterocycles. The Morgan fingerprint density at radius 2 is 1.71 bits per heavy atom. The first-order valence-corrected chi connectivity index (χ1v) is 10.6. The highest BCUT2D eigenvalue weighted by atomic mass is 35.5. The molecule has 0 saturated carbocycles. The quantitative estimate of drug-likeness (QED) is 0.365. The number of aryl methyl sites for hydroxylation is 3. The molecule has 0 saturated heterocycles. The van der Waals surface area contributed by atoms with Crippen LogP contribution in [-0.2, 0) is 12.8 Å². The van der Waals surface area contributed by atoms with Crippen molar-refractivity contribution >= 4 is 33.2 Å². The second-order valence-electron chi connectivity index (χ2n) is 7.23. The highest BCUT2D eigenvalue weighted by molar-refractivity contribution is 7.19. The zero-order valence-corrected chi connectivity index (χ0v) is 17.0. The van der Waals surface area contributed by atoms with Crippen molar-refractivity contribution < 1.29 is 0 Å². The number of halogens is 1. The number of nitriles is 1. The number of benzene rings is 2. The summed E-state index contributed by atoms with van der Waals surface area (Å²) in [4.78, 5) is 7.42. The van der Waals surface area contributed by atoms with Gasteiger partial charge in [-0.1, -0.05) is 53.6 Å². The van der Waals surface area contributed by atoms with Crippen LogP contribution in [0.25, 0.3) is 32.6 Å². The summed E-state index contributed by atoms with van der Waals surface area (Å²) < 4.78 is 0. The lowest BCUT2D eigenvalue weighted by atomic mass is 9.92. The molecule has 4 aromatic rings. The van der Waals surface area contributed by atoms with Gasteiger partial charge < -0.3 is 0 Å².